The van der Waals surface area contributed by atoms with E-state index in [0.29, 0.717) is 0 Å². The predicted molar refractivity (Wildman–Crippen MR) is 53.9 cm³/mol. The molecule has 1 heteroatoms. The molecule has 12 heavy (non-hydrogen) atoms. The van der Waals surface area contributed by atoms with Crippen LogP contribution < -0.4 is 0 Å². The topological polar surface area (TPSA) is 3.24 Å². The lowest BCUT2D eigenvalue weighted by atomic mass is 10.2. The van der Waals surface area contributed by atoms with E-state index in [0.717, 1.165) is 0 Å². The Morgan fingerprint density at radius 1 is 1.00 bits per heavy atom. The van der Waals surface area contributed by atoms with Gasteiger partial charge in [-0.3, -0.25) is 4.90 Å². The summed E-state index contributed by atoms with van der Waals surface area (Å²) < 4.78 is 0. The first-order valence-corrected chi connectivity index (χ1v) is 5.48. The first kappa shape index (κ1) is 10.0. The zero-order chi connectivity index (χ0) is 8.81. The smallest absolute Gasteiger partial charge is 0.0393 e. The quantitative estimate of drug-likeness (QED) is 0.609. The van der Waals surface area contributed by atoms with E-state index in [9.17, 15) is 0 Å². The third-order valence-corrected chi connectivity index (χ3v) is 2.61. The van der Waals surface area contributed by atoms with Gasteiger partial charge in [0.05, 0.1) is 0 Å². The molecule has 1 aliphatic carbocycles. The fourth-order valence-corrected chi connectivity index (χ4v) is 2.07. The van der Waals surface area contributed by atoms with Gasteiger partial charge in [0.15, 0.2) is 0 Å². The van der Waals surface area contributed by atoms with Crippen LogP contribution in [-0.2, 0) is 0 Å². The van der Waals surface area contributed by atoms with Gasteiger partial charge in [0.1, 0.15) is 0 Å². The van der Waals surface area contributed by atoms with Gasteiger partial charge in [-0.1, -0.05) is 26.7 Å². The summed E-state index contributed by atoms with van der Waals surface area (Å²) in [7, 11) is 0. The van der Waals surface area contributed by atoms with E-state index in [1.165, 1.54) is 51.6 Å². The summed E-state index contributed by atoms with van der Waals surface area (Å²) in [4.78, 5) is 2.62. The second-order valence-corrected chi connectivity index (χ2v) is 3.76. The maximum absolute atomic E-state index is 2.62. The predicted octanol–water partition coefficient (Wildman–Crippen LogP) is 3.21. The Labute approximate surface area is 77.1 Å². The highest BCUT2D eigenvalue weighted by Crippen LogP contribution is 2.30. The largest absolute Gasteiger partial charge is 0.296 e. The molecule has 0 saturated heterocycles. The van der Waals surface area contributed by atoms with E-state index < -0.39 is 0 Å². The van der Waals surface area contributed by atoms with Crippen LogP contribution in [-0.4, -0.2) is 18.0 Å². The standard InChI is InChI=1S/C11H22N/c1-3-9-12(10-4-2)11-7-5-6-8-11/h3-10H2,1-2H3. The van der Waals surface area contributed by atoms with Crippen LogP contribution >= 0.6 is 0 Å². The van der Waals surface area contributed by atoms with E-state index >= 15 is 0 Å². The van der Waals surface area contributed by atoms with Crippen LogP contribution in [0.1, 0.15) is 52.4 Å². The molecule has 0 spiro atoms. The van der Waals surface area contributed by atoms with Gasteiger partial charge in [0, 0.05) is 6.04 Å². The maximum Gasteiger partial charge on any atom is 0.0393 e. The summed E-state index contributed by atoms with van der Waals surface area (Å²) in [5, 5.41) is 0. The molecule has 0 aliphatic heterocycles. The lowest BCUT2D eigenvalue weighted by Gasteiger charge is -2.26. The first-order valence-electron chi connectivity index (χ1n) is 5.48. The van der Waals surface area contributed by atoms with Gasteiger partial charge in [-0.25, -0.2) is 0 Å². The molecule has 0 heterocycles. The van der Waals surface area contributed by atoms with Crippen molar-refractivity contribution < 1.29 is 0 Å². The molecule has 0 atom stereocenters. The molecule has 1 radical (unpaired) electrons. The SMILES string of the molecule is CCCN(CCC)[C]1CCCC1. The molecule has 1 saturated carbocycles. The number of rotatable bonds is 5. The molecule has 71 valence electrons. The van der Waals surface area contributed by atoms with Crippen molar-refractivity contribution in [2.24, 2.45) is 0 Å². The Kier molecular flexibility index (Phi) is 4.67. The minimum atomic E-state index is 1.28. The summed E-state index contributed by atoms with van der Waals surface area (Å²) in [6.45, 7) is 7.11. The van der Waals surface area contributed by atoms with E-state index in [4.69, 9.17) is 0 Å². The van der Waals surface area contributed by atoms with E-state index in [1.807, 2.05) is 0 Å². The zero-order valence-corrected chi connectivity index (χ0v) is 8.60. The van der Waals surface area contributed by atoms with Crippen molar-refractivity contribution in [1.29, 1.82) is 0 Å². The van der Waals surface area contributed by atoms with Crippen LogP contribution in [0.25, 0.3) is 0 Å². The normalized spacial score (nSPS) is 19.2. The monoisotopic (exact) mass is 168 g/mol. The zero-order valence-electron chi connectivity index (χ0n) is 8.60. The highest BCUT2D eigenvalue weighted by molar-refractivity contribution is 4.93. The fraction of sp³-hybridized carbons (Fsp3) is 0.909. The molecule has 0 aromatic heterocycles. The van der Waals surface area contributed by atoms with Crippen LogP contribution in [0.2, 0.25) is 0 Å². The lowest BCUT2D eigenvalue weighted by Crippen LogP contribution is -2.28. The van der Waals surface area contributed by atoms with Crippen LogP contribution in [0.5, 0.6) is 0 Å². The highest BCUT2D eigenvalue weighted by atomic mass is 15.1. The molecule has 1 fully saturated rings. The second kappa shape index (κ2) is 5.58. The van der Waals surface area contributed by atoms with E-state index in [2.05, 4.69) is 18.7 Å². The number of nitrogens with zero attached hydrogens (tertiary/aromatic N) is 1. The van der Waals surface area contributed by atoms with Crippen molar-refractivity contribution in [2.75, 3.05) is 13.1 Å². The van der Waals surface area contributed by atoms with Gasteiger partial charge in [-0.2, -0.15) is 0 Å². The molecule has 0 bridgehead atoms. The Morgan fingerprint density at radius 3 is 1.92 bits per heavy atom. The van der Waals surface area contributed by atoms with Crippen molar-refractivity contribution in [3.8, 4) is 0 Å². The third kappa shape index (κ3) is 2.78. The average Bonchev–Trinajstić information content (AvgIpc) is 2.56. The maximum atomic E-state index is 2.62. The second-order valence-electron chi connectivity index (χ2n) is 3.76. The Morgan fingerprint density at radius 2 is 1.50 bits per heavy atom. The van der Waals surface area contributed by atoms with Crippen molar-refractivity contribution in [2.45, 2.75) is 52.4 Å². The minimum Gasteiger partial charge on any atom is -0.296 e. The molecule has 0 aromatic rings. The van der Waals surface area contributed by atoms with Crippen LogP contribution in [0.4, 0.5) is 0 Å². The van der Waals surface area contributed by atoms with Crippen LogP contribution in [0, 0.1) is 6.04 Å². The van der Waals surface area contributed by atoms with Gasteiger partial charge < -0.3 is 0 Å². The Hall–Kier alpha value is -0.0400. The molecule has 1 rings (SSSR count). The summed E-state index contributed by atoms with van der Waals surface area (Å²) in [6, 6.07) is 1.73. The van der Waals surface area contributed by atoms with Crippen LogP contribution in [0.3, 0.4) is 0 Å². The highest BCUT2D eigenvalue weighted by Gasteiger charge is 2.21. The van der Waals surface area contributed by atoms with Gasteiger partial charge in [0.25, 0.3) is 0 Å². The Bertz CT molecular complexity index is 99.6. The van der Waals surface area contributed by atoms with Gasteiger partial charge in [0.2, 0.25) is 0 Å². The van der Waals surface area contributed by atoms with Crippen molar-refractivity contribution >= 4 is 0 Å². The molecule has 1 nitrogen and oxygen atoms in total. The summed E-state index contributed by atoms with van der Waals surface area (Å²) in [5.41, 5.74) is 0. The molecule has 1 aliphatic rings. The van der Waals surface area contributed by atoms with E-state index in [1.54, 1.807) is 6.04 Å². The van der Waals surface area contributed by atoms with Gasteiger partial charge in [-0.15, -0.1) is 0 Å². The van der Waals surface area contributed by atoms with Gasteiger partial charge >= 0.3 is 0 Å². The van der Waals surface area contributed by atoms with Crippen molar-refractivity contribution in [3.05, 3.63) is 6.04 Å². The molecule has 0 aromatic carbocycles. The molecular formula is C11H22N. The van der Waals surface area contributed by atoms with Crippen molar-refractivity contribution in [1.82, 2.24) is 4.90 Å². The van der Waals surface area contributed by atoms with Gasteiger partial charge in [-0.05, 0) is 38.8 Å². The van der Waals surface area contributed by atoms with Crippen molar-refractivity contribution in [3.63, 3.8) is 0 Å². The molecule has 0 N–H and O–H groups in total. The molecular weight excluding hydrogens is 146 g/mol. The first-order chi connectivity index (χ1) is 5.88. The lowest BCUT2D eigenvalue weighted by molar-refractivity contribution is 0.276. The summed E-state index contributed by atoms with van der Waals surface area (Å²) >= 11 is 0. The summed E-state index contributed by atoms with van der Waals surface area (Å²) in [5.74, 6) is 0. The molecule has 0 unspecified atom stereocenters. The molecule has 0 amide bonds. The fourth-order valence-electron chi connectivity index (χ4n) is 2.07. The number of hydrogen-bond donors (Lipinski definition) is 0. The van der Waals surface area contributed by atoms with Crippen LogP contribution in [0.15, 0.2) is 0 Å². The minimum absolute atomic E-state index is 1.28. The Balaban J connectivity index is 2.29. The summed E-state index contributed by atoms with van der Waals surface area (Å²) in [6.07, 6.45) is 8.20. The third-order valence-electron chi connectivity index (χ3n) is 2.61. The average molecular weight is 168 g/mol. The van der Waals surface area contributed by atoms with E-state index in [-0.39, 0.29) is 0 Å². The number of hydrogen-bond acceptors (Lipinski definition) is 1.